The van der Waals surface area contributed by atoms with Crippen LogP contribution in [0.2, 0.25) is 19.6 Å². The molecule has 2 rings (SSSR count). The van der Waals surface area contributed by atoms with Crippen molar-refractivity contribution in [3.63, 3.8) is 0 Å². The van der Waals surface area contributed by atoms with E-state index in [-0.39, 0.29) is 63.0 Å². The molecule has 1 radical (unpaired) electrons. The number of halogens is 2. The molecule has 0 heterocycles. The van der Waals surface area contributed by atoms with Gasteiger partial charge < -0.3 is 29.2 Å². The van der Waals surface area contributed by atoms with Gasteiger partial charge in [-0.15, -0.1) is 6.42 Å². The van der Waals surface area contributed by atoms with E-state index in [4.69, 9.17) is 4.43 Å². The van der Waals surface area contributed by atoms with E-state index < -0.39 is 8.32 Å². The Bertz CT molecular complexity index is 634. The Kier molecular flexibility index (Phi) is 10.9. The molecule has 0 bridgehead atoms. The van der Waals surface area contributed by atoms with Gasteiger partial charge in [-0.25, -0.2) is 11.6 Å². The van der Waals surface area contributed by atoms with Crippen LogP contribution in [0.4, 0.5) is 0 Å². The van der Waals surface area contributed by atoms with Crippen molar-refractivity contribution in [1.29, 1.82) is 0 Å². The summed E-state index contributed by atoms with van der Waals surface area (Å²) in [6.45, 7) is 20.8. The quantitative estimate of drug-likeness (QED) is 0.440. The third-order valence-corrected chi connectivity index (χ3v) is 6.15. The second-order valence-electron chi connectivity index (χ2n) is 9.82. The molecular formula is C22H35Cl2OSiTi. The summed E-state index contributed by atoms with van der Waals surface area (Å²) in [7, 11) is -1.76. The smallest absolute Gasteiger partial charge is 1.00 e. The van der Waals surface area contributed by atoms with Crippen molar-refractivity contribution in [2.45, 2.75) is 79.6 Å². The predicted octanol–water partition coefficient (Wildman–Crippen LogP) is 0.620. The van der Waals surface area contributed by atoms with Gasteiger partial charge in [0.2, 0.25) is 0 Å². The maximum atomic E-state index is 7.06. The Morgan fingerprint density at radius 1 is 1.07 bits per heavy atom. The Balaban J connectivity index is 0. The molecule has 0 aromatic heterocycles. The Hall–Kier alpha value is 0.431. The van der Waals surface area contributed by atoms with Gasteiger partial charge in [-0.2, -0.15) is 6.08 Å². The Morgan fingerprint density at radius 2 is 1.63 bits per heavy atom. The van der Waals surface area contributed by atoms with Gasteiger partial charge in [-0.05, 0) is 49.4 Å². The van der Waals surface area contributed by atoms with Crippen molar-refractivity contribution in [2.75, 3.05) is 0 Å². The maximum Gasteiger partial charge on any atom is 3.00 e. The van der Waals surface area contributed by atoms with Crippen molar-refractivity contribution in [3.8, 4) is 0 Å². The Morgan fingerprint density at radius 3 is 2.04 bits per heavy atom. The molecule has 0 saturated heterocycles. The fraction of sp³-hybridized carbons (Fsp3) is 0.636. The zero-order valence-electron chi connectivity index (χ0n) is 18.4. The van der Waals surface area contributed by atoms with Crippen LogP contribution in [0.3, 0.4) is 0 Å². The fourth-order valence-corrected chi connectivity index (χ4v) is 5.52. The van der Waals surface area contributed by atoms with E-state index in [1.165, 1.54) is 16.7 Å². The van der Waals surface area contributed by atoms with Crippen LogP contribution in [-0.2, 0) is 26.1 Å². The first kappa shape index (κ1) is 29.6. The molecule has 2 aliphatic carbocycles. The molecule has 0 aromatic rings. The van der Waals surface area contributed by atoms with E-state index in [1.807, 2.05) is 0 Å². The molecule has 27 heavy (non-hydrogen) atoms. The van der Waals surface area contributed by atoms with Crippen LogP contribution >= 0.6 is 0 Å². The van der Waals surface area contributed by atoms with E-state index in [0.717, 1.165) is 12.8 Å². The van der Waals surface area contributed by atoms with Crippen molar-refractivity contribution in [3.05, 3.63) is 47.1 Å². The van der Waals surface area contributed by atoms with E-state index in [2.05, 4.69) is 91.6 Å². The number of rotatable bonds is 4. The monoisotopic (exact) mass is 461 g/mol. The molecule has 0 aliphatic heterocycles. The van der Waals surface area contributed by atoms with E-state index in [9.17, 15) is 0 Å². The van der Waals surface area contributed by atoms with Gasteiger partial charge in [-0.3, -0.25) is 6.08 Å². The zero-order valence-corrected chi connectivity index (χ0v) is 22.5. The number of hydrogen-bond acceptors (Lipinski definition) is 1. The fourth-order valence-electron chi connectivity index (χ4n) is 4.03. The largest absolute Gasteiger partial charge is 3.00 e. The van der Waals surface area contributed by atoms with E-state index in [0.29, 0.717) is 0 Å². The molecule has 0 N–H and O–H groups in total. The third-order valence-electron chi connectivity index (χ3n) is 5.18. The van der Waals surface area contributed by atoms with E-state index >= 15 is 0 Å². The van der Waals surface area contributed by atoms with Gasteiger partial charge in [0.25, 0.3) is 0 Å². The summed E-state index contributed by atoms with van der Waals surface area (Å²) in [4.78, 5) is 0. The molecule has 0 spiro atoms. The van der Waals surface area contributed by atoms with Crippen molar-refractivity contribution >= 4 is 8.32 Å². The first-order valence-electron chi connectivity index (χ1n) is 9.17. The van der Waals surface area contributed by atoms with Gasteiger partial charge in [-0.1, -0.05) is 52.3 Å². The summed E-state index contributed by atoms with van der Waals surface area (Å²) in [6, 6.07) is 0. The number of allylic oxidation sites excluding steroid dienone is 5. The minimum absolute atomic E-state index is 0. The van der Waals surface area contributed by atoms with Crippen LogP contribution in [-0.4, -0.2) is 13.9 Å². The molecule has 0 saturated carbocycles. The van der Waals surface area contributed by atoms with Crippen molar-refractivity contribution in [1.82, 2.24) is 0 Å². The van der Waals surface area contributed by atoms with Gasteiger partial charge in [0, 0.05) is 0 Å². The molecule has 0 fully saturated rings. The Labute approximate surface area is 196 Å². The summed E-state index contributed by atoms with van der Waals surface area (Å²) < 4.78 is 7.06. The topological polar surface area (TPSA) is 9.23 Å². The first-order chi connectivity index (χ1) is 10.8. The molecule has 5 heteroatoms. The minimum Gasteiger partial charge on any atom is -1.00 e. The summed E-state index contributed by atoms with van der Waals surface area (Å²) in [5, 5.41) is 0. The maximum absolute atomic E-state index is 7.06. The van der Waals surface area contributed by atoms with Crippen LogP contribution in [0.1, 0.15) is 54.4 Å². The molecule has 2 aliphatic rings. The van der Waals surface area contributed by atoms with Crippen LogP contribution < -0.4 is 24.8 Å². The van der Waals surface area contributed by atoms with Gasteiger partial charge in [0.05, 0.1) is 5.60 Å². The first-order valence-corrected chi connectivity index (χ1v) is 12.6. The van der Waals surface area contributed by atoms with Crippen molar-refractivity contribution < 1.29 is 51.0 Å². The normalized spacial score (nSPS) is 22.6. The third kappa shape index (κ3) is 6.20. The average molecular weight is 462 g/mol. The predicted molar refractivity (Wildman–Crippen MR) is 107 cm³/mol. The average Bonchev–Trinajstić information content (AvgIpc) is 2.92. The van der Waals surface area contributed by atoms with Crippen LogP contribution in [0.25, 0.3) is 0 Å². The standard InChI is InChI=1S/C22H35OSi.2ClH.Ti/c1-17-14-15-22(23-24(7,8)9,19(16-17)20(2,3)4)21(5,6)18-12-10-11-13-18;;;/h10,12,14,16H,11,15H2,1-9H3;2*1H;/q-1;;;+3/p-2. The summed E-state index contributed by atoms with van der Waals surface area (Å²) in [5.74, 6) is 0. The molecular weight excluding hydrogens is 427 g/mol. The molecule has 0 amide bonds. The zero-order chi connectivity index (χ0) is 18.4. The van der Waals surface area contributed by atoms with Crippen LogP contribution in [0.5, 0.6) is 0 Å². The van der Waals surface area contributed by atoms with Crippen LogP contribution in [0, 0.1) is 16.9 Å². The molecule has 0 aromatic carbocycles. The minimum atomic E-state index is -1.76. The summed E-state index contributed by atoms with van der Waals surface area (Å²) in [6.07, 6.45) is 14.6. The molecule has 1 nitrogen and oxygen atoms in total. The van der Waals surface area contributed by atoms with Gasteiger partial charge in [0.1, 0.15) is 0 Å². The van der Waals surface area contributed by atoms with E-state index in [1.54, 1.807) is 0 Å². The number of hydrogen-bond donors (Lipinski definition) is 0. The molecule has 1 atom stereocenters. The van der Waals surface area contributed by atoms with Crippen molar-refractivity contribution in [2.24, 2.45) is 10.8 Å². The molecule has 1 unspecified atom stereocenters. The second kappa shape index (κ2) is 9.96. The van der Waals surface area contributed by atoms with Gasteiger partial charge in [0.15, 0.2) is 8.32 Å². The second-order valence-corrected chi connectivity index (χ2v) is 14.3. The summed E-state index contributed by atoms with van der Waals surface area (Å²) >= 11 is 0. The van der Waals surface area contributed by atoms with Crippen LogP contribution in [0.15, 0.2) is 41.0 Å². The van der Waals surface area contributed by atoms with Gasteiger partial charge >= 0.3 is 21.7 Å². The molecule has 151 valence electrons. The SMILES string of the molecule is CC1=CCC(O[Si](C)(C)C)(C(C)(C)C2=[C-]CC=C2)C(C(C)(C)C)=C1.[Cl-].[Cl-].[Ti+3]. The summed E-state index contributed by atoms with van der Waals surface area (Å²) in [5.41, 5.74) is 3.73.